The predicted molar refractivity (Wildman–Crippen MR) is 74.2 cm³/mol. The second-order valence-corrected chi connectivity index (χ2v) is 4.99. The largest absolute Gasteiger partial charge is 0.497 e. The molecule has 2 aromatic rings. The second kappa shape index (κ2) is 5.05. The first-order valence-corrected chi connectivity index (χ1v) is 6.69. The van der Waals surface area contributed by atoms with E-state index in [-0.39, 0.29) is 0 Å². The van der Waals surface area contributed by atoms with Gasteiger partial charge in [-0.1, -0.05) is 12.1 Å². The van der Waals surface area contributed by atoms with Crippen molar-refractivity contribution < 1.29 is 4.74 Å². The van der Waals surface area contributed by atoms with Crippen LogP contribution in [0.3, 0.4) is 0 Å². The Morgan fingerprint density at radius 3 is 2.84 bits per heavy atom. The molecule has 0 aliphatic carbocycles. The standard InChI is InChI=1S/C15H19N3O/c1-19-14-6-3-11(4-7-14)12-2-5-13-9-17-15(8-16)18(13)10-12/h3-4,6-7,9,12H,2,5,8,10,16H2,1H3. The fourth-order valence-electron chi connectivity index (χ4n) is 2.82. The molecule has 1 unspecified atom stereocenters. The van der Waals surface area contributed by atoms with E-state index < -0.39 is 0 Å². The van der Waals surface area contributed by atoms with E-state index in [1.54, 1.807) is 7.11 Å². The zero-order valence-electron chi connectivity index (χ0n) is 11.2. The van der Waals surface area contributed by atoms with Crippen molar-refractivity contribution in [2.75, 3.05) is 7.11 Å². The molecule has 1 aliphatic rings. The number of aryl methyl sites for hydroxylation is 1. The molecule has 1 aromatic carbocycles. The van der Waals surface area contributed by atoms with Gasteiger partial charge in [0, 0.05) is 24.4 Å². The summed E-state index contributed by atoms with van der Waals surface area (Å²) in [6, 6.07) is 8.38. The van der Waals surface area contributed by atoms with Gasteiger partial charge >= 0.3 is 0 Å². The average Bonchev–Trinajstić information content (AvgIpc) is 2.89. The molecule has 4 nitrogen and oxygen atoms in total. The van der Waals surface area contributed by atoms with Gasteiger partial charge in [-0.25, -0.2) is 4.98 Å². The first-order valence-electron chi connectivity index (χ1n) is 6.69. The summed E-state index contributed by atoms with van der Waals surface area (Å²) in [7, 11) is 1.70. The van der Waals surface area contributed by atoms with Crippen molar-refractivity contribution in [3.63, 3.8) is 0 Å². The number of nitrogens with two attached hydrogens (primary N) is 1. The molecular weight excluding hydrogens is 238 g/mol. The summed E-state index contributed by atoms with van der Waals surface area (Å²) in [6.07, 6.45) is 4.21. The minimum absolute atomic E-state index is 0.509. The maximum atomic E-state index is 5.74. The number of hydrogen-bond acceptors (Lipinski definition) is 3. The number of fused-ring (bicyclic) bond motifs is 1. The second-order valence-electron chi connectivity index (χ2n) is 4.99. The third-order valence-electron chi connectivity index (χ3n) is 3.94. The fourth-order valence-corrected chi connectivity index (χ4v) is 2.82. The minimum Gasteiger partial charge on any atom is -0.497 e. The van der Waals surface area contributed by atoms with Crippen molar-refractivity contribution in [1.82, 2.24) is 9.55 Å². The molecular formula is C15H19N3O. The monoisotopic (exact) mass is 257 g/mol. The average molecular weight is 257 g/mol. The third kappa shape index (κ3) is 2.24. The number of nitrogens with zero attached hydrogens (tertiary/aromatic N) is 2. The van der Waals surface area contributed by atoms with Gasteiger partial charge in [-0.2, -0.15) is 0 Å². The SMILES string of the molecule is COc1ccc(C2CCc3cnc(CN)n3C2)cc1. The molecule has 3 rings (SSSR count). The Morgan fingerprint density at radius 1 is 1.37 bits per heavy atom. The highest BCUT2D eigenvalue weighted by molar-refractivity contribution is 5.30. The van der Waals surface area contributed by atoms with E-state index in [2.05, 4.69) is 21.7 Å². The molecule has 0 fully saturated rings. The summed E-state index contributed by atoms with van der Waals surface area (Å²) in [6.45, 7) is 1.49. The van der Waals surface area contributed by atoms with Gasteiger partial charge in [-0.3, -0.25) is 0 Å². The minimum atomic E-state index is 0.509. The molecule has 1 aliphatic heterocycles. The number of imidazole rings is 1. The lowest BCUT2D eigenvalue weighted by atomic mass is 9.91. The number of benzene rings is 1. The van der Waals surface area contributed by atoms with E-state index in [4.69, 9.17) is 10.5 Å². The molecule has 100 valence electrons. The van der Waals surface area contributed by atoms with E-state index in [0.717, 1.165) is 24.5 Å². The lowest BCUT2D eigenvalue weighted by molar-refractivity contribution is 0.413. The Labute approximate surface area is 113 Å². The van der Waals surface area contributed by atoms with Gasteiger partial charge in [0.1, 0.15) is 11.6 Å². The molecule has 0 bridgehead atoms. The molecule has 0 saturated heterocycles. The Bertz CT molecular complexity index is 546. The van der Waals surface area contributed by atoms with Gasteiger partial charge in [-0.15, -0.1) is 0 Å². The normalized spacial score (nSPS) is 18.1. The smallest absolute Gasteiger partial charge is 0.122 e. The summed E-state index contributed by atoms with van der Waals surface area (Å²) in [5.41, 5.74) is 8.41. The van der Waals surface area contributed by atoms with Gasteiger partial charge in [0.25, 0.3) is 0 Å². The van der Waals surface area contributed by atoms with Crippen molar-refractivity contribution in [1.29, 1.82) is 0 Å². The summed E-state index contributed by atoms with van der Waals surface area (Å²) in [5.74, 6) is 2.44. The van der Waals surface area contributed by atoms with Gasteiger partial charge in [-0.05, 0) is 30.5 Å². The molecule has 0 spiro atoms. The van der Waals surface area contributed by atoms with Crippen LogP contribution in [0.5, 0.6) is 5.75 Å². The Balaban J connectivity index is 1.84. The third-order valence-corrected chi connectivity index (χ3v) is 3.94. The van der Waals surface area contributed by atoms with Crippen LogP contribution in [0.1, 0.15) is 29.4 Å². The summed E-state index contributed by atoms with van der Waals surface area (Å²) in [4.78, 5) is 4.39. The number of methoxy groups -OCH3 is 1. The number of rotatable bonds is 3. The molecule has 0 amide bonds. The first-order chi connectivity index (χ1) is 9.31. The molecule has 1 atom stereocenters. The van der Waals surface area contributed by atoms with E-state index in [9.17, 15) is 0 Å². The van der Waals surface area contributed by atoms with Crippen LogP contribution in [0.2, 0.25) is 0 Å². The first kappa shape index (κ1) is 12.2. The molecule has 2 N–H and O–H groups in total. The van der Waals surface area contributed by atoms with Crippen LogP contribution >= 0.6 is 0 Å². The van der Waals surface area contributed by atoms with Crippen LogP contribution in [0.25, 0.3) is 0 Å². The van der Waals surface area contributed by atoms with Gasteiger partial charge in [0.2, 0.25) is 0 Å². The summed E-state index contributed by atoms with van der Waals surface area (Å²) < 4.78 is 7.48. The zero-order valence-corrected chi connectivity index (χ0v) is 11.2. The molecule has 0 saturated carbocycles. The topological polar surface area (TPSA) is 53.1 Å². The lowest BCUT2D eigenvalue weighted by Crippen LogP contribution is -2.21. The number of aromatic nitrogens is 2. The van der Waals surface area contributed by atoms with Crippen LogP contribution < -0.4 is 10.5 Å². The maximum Gasteiger partial charge on any atom is 0.122 e. The Morgan fingerprint density at radius 2 is 2.16 bits per heavy atom. The summed E-state index contributed by atoms with van der Waals surface area (Å²) in [5, 5.41) is 0. The lowest BCUT2D eigenvalue weighted by Gasteiger charge is -2.25. The van der Waals surface area contributed by atoms with Gasteiger partial charge < -0.3 is 15.0 Å². The Hall–Kier alpha value is -1.81. The fraction of sp³-hybridized carbons (Fsp3) is 0.400. The zero-order chi connectivity index (χ0) is 13.2. The molecule has 19 heavy (non-hydrogen) atoms. The van der Waals surface area contributed by atoms with E-state index in [1.165, 1.54) is 17.7 Å². The van der Waals surface area contributed by atoms with E-state index >= 15 is 0 Å². The highest BCUT2D eigenvalue weighted by Crippen LogP contribution is 2.30. The van der Waals surface area contributed by atoms with Crippen molar-refractivity contribution in [2.45, 2.75) is 31.8 Å². The van der Waals surface area contributed by atoms with Crippen LogP contribution in [0, 0.1) is 0 Å². The van der Waals surface area contributed by atoms with Crippen LogP contribution in [-0.4, -0.2) is 16.7 Å². The Kier molecular flexibility index (Phi) is 3.25. The molecule has 2 heterocycles. The van der Waals surface area contributed by atoms with Crippen LogP contribution in [0.4, 0.5) is 0 Å². The quantitative estimate of drug-likeness (QED) is 0.916. The highest BCUT2D eigenvalue weighted by Gasteiger charge is 2.22. The van der Waals surface area contributed by atoms with Gasteiger partial charge in [0.15, 0.2) is 0 Å². The number of hydrogen-bond donors (Lipinski definition) is 1. The van der Waals surface area contributed by atoms with Crippen LogP contribution in [-0.2, 0) is 19.5 Å². The van der Waals surface area contributed by atoms with E-state index in [0.29, 0.717) is 12.5 Å². The van der Waals surface area contributed by atoms with Crippen molar-refractivity contribution in [3.05, 3.63) is 47.5 Å². The van der Waals surface area contributed by atoms with Crippen molar-refractivity contribution in [2.24, 2.45) is 5.73 Å². The van der Waals surface area contributed by atoms with Crippen LogP contribution in [0.15, 0.2) is 30.5 Å². The molecule has 1 aromatic heterocycles. The number of ether oxygens (including phenoxy) is 1. The summed E-state index contributed by atoms with van der Waals surface area (Å²) >= 11 is 0. The molecule has 0 radical (unpaired) electrons. The van der Waals surface area contributed by atoms with Crippen molar-refractivity contribution >= 4 is 0 Å². The van der Waals surface area contributed by atoms with Gasteiger partial charge in [0.05, 0.1) is 13.7 Å². The maximum absolute atomic E-state index is 5.74. The molecule has 4 heteroatoms. The highest BCUT2D eigenvalue weighted by atomic mass is 16.5. The van der Waals surface area contributed by atoms with E-state index in [1.807, 2.05) is 18.3 Å². The van der Waals surface area contributed by atoms with Crippen molar-refractivity contribution in [3.8, 4) is 5.75 Å². The predicted octanol–water partition coefficient (Wildman–Crippen LogP) is 2.08.